The van der Waals surface area contributed by atoms with Gasteiger partial charge in [0.05, 0.1) is 0 Å². The standard InChI is InChI=1S/C13H21N3O/c1-9-7-10(2)15-12(9)13(17)16-6-4-5-11(8-16)14-3/h7,11,14-15H,4-6,8H2,1-3H3/t11-/m0/s1. The lowest BCUT2D eigenvalue weighted by molar-refractivity contribution is 0.0692. The van der Waals surface area contributed by atoms with Crippen molar-refractivity contribution < 1.29 is 4.79 Å². The number of rotatable bonds is 2. The molecule has 0 radical (unpaired) electrons. The number of nitrogens with one attached hydrogen (secondary N) is 2. The normalized spacial score (nSPS) is 20.6. The summed E-state index contributed by atoms with van der Waals surface area (Å²) in [4.78, 5) is 17.5. The maximum absolute atomic E-state index is 12.4. The van der Waals surface area contributed by atoms with Crippen LogP contribution in [0.4, 0.5) is 0 Å². The number of carbonyl (C=O) groups is 1. The van der Waals surface area contributed by atoms with Crippen LogP contribution in [0.2, 0.25) is 0 Å². The minimum absolute atomic E-state index is 0.135. The fourth-order valence-electron chi connectivity index (χ4n) is 2.51. The summed E-state index contributed by atoms with van der Waals surface area (Å²) in [6.45, 7) is 5.65. The molecule has 0 saturated carbocycles. The van der Waals surface area contributed by atoms with Crippen LogP contribution in [0.5, 0.6) is 0 Å². The van der Waals surface area contributed by atoms with E-state index in [1.807, 2.05) is 31.9 Å². The number of carbonyl (C=O) groups excluding carboxylic acids is 1. The van der Waals surface area contributed by atoms with Crippen LogP contribution in [0.25, 0.3) is 0 Å². The maximum Gasteiger partial charge on any atom is 0.270 e. The van der Waals surface area contributed by atoms with E-state index in [2.05, 4.69) is 10.3 Å². The summed E-state index contributed by atoms with van der Waals surface area (Å²) < 4.78 is 0. The molecule has 1 amide bonds. The van der Waals surface area contributed by atoms with Gasteiger partial charge in [-0.25, -0.2) is 0 Å². The van der Waals surface area contributed by atoms with Gasteiger partial charge in [0, 0.05) is 24.8 Å². The summed E-state index contributed by atoms with van der Waals surface area (Å²) in [7, 11) is 1.96. The van der Waals surface area contributed by atoms with Crippen molar-refractivity contribution in [2.45, 2.75) is 32.7 Å². The lowest BCUT2D eigenvalue weighted by Gasteiger charge is -2.32. The van der Waals surface area contributed by atoms with Crippen molar-refractivity contribution in [1.29, 1.82) is 0 Å². The molecule has 1 atom stereocenters. The molecule has 94 valence electrons. The number of hydrogen-bond donors (Lipinski definition) is 2. The van der Waals surface area contributed by atoms with E-state index in [1.165, 1.54) is 0 Å². The number of H-pyrrole nitrogens is 1. The molecule has 1 fully saturated rings. The van der Waals surface area contributed by atoms with Crippen LogP contribution in [0.15, 0.2) is 6.07 Å². The zero-order chi connectivity index (χ0) is 12.4. The fourth-order valence-corrected chi connectivity index (χ4v) is 2.51. The molecule has 2 N–H and O–H groups in total. The highest BCUT2D eigenvalue weighted by Crippen LogP contribution is 2.16. The third-order valence-electron chi connectivity index (χ3n) is 3.48. The molecule has 1 saturated heterocycles. The van der Waals surface area contributed by atoms with Crippen LogP contribution < -0.4 is 5.32 Å². The number of amides is 1. The number of aromatic amines is 1. The third-order valence-corrected chi connectivity index (χ3v) is 3.48. The first-order chi connectivity index (χ1) is 8.11. The van der Waals surface area contributed by atoms with Crippen molar-refractivity contribution in [3.8, 4) is 0 Å². The van der Waals surface area contributed by atoms with Gasteiger partial charge in [-0.05, 0) is 45.4 Å². The van der Waals surface area contributed by atoms with Crippen molar-refractivity contribution in [2.24, 2.45) is 0 Å². The zero-order valence-corrected chi connectivity index (χ0v) is 10.8. The average molecular weight is 235 g/mol. The molecule has 0 aromatic carbocycles. The summed E-state index contributed by atoms with van der Waals surface area (Å²) in [5.41, 5.74) is 2.84. The summed E-state index contributed by atoms with van der Waals surface area (Å²) in [5, 5.41) is 3.26. The molecule has 0 unspecified atom stereocenters. The zero-order valence-electron chi connectivity index (χ0n) is 10.8. The van der Waals surface area contributed by atoms with E-state index in [0.717, 1.165) is 42.9 Å². The first kappa shape index (κ1) is 12.2. The highest BCUT2D eigenvalue weighted by molar-refractivity contribution is 5.94. The van der Waals surface area contributed by atoms with E-state index in [1.54, 1.807) is 0 Å². The highest BCUT2D eigenvalue weighted by atomic mass is 16.2. The number of aromatic nitrogens is 1. The van der Waals surface area contributed by atoms with Crippen LogP contribution in [-0.2, 0) is 0 Å². The number of likely N-dealkylation sites (N-methyl/N-ethyl adjacent to an activating group) is 1. The predicted molar refractivity (Wildman–Crippen MR) is 68.3 cm³/mol. The molecule has 0 aliphatic carbocycles. The van der Waals surface area contributed by atoms with E-state index >= 15 is 0 Å². The van der Waals surface area contributed by atoms with Gasteiger partial charge < -0.3 is 15.2 Å². The van der Waals surface area contributed by atoms with Crippen LogP contribution in [0.3, 0.4) is 0 Å². The van der Waals surface area contributed by atoms with Gasteiger partial charge in [-0.2, -0.15) is 0 Å². The minimum atomic E-state index is 0.135. The Hall–Kier alpha value is -1.29. The number of likely N-dealkylation sites (tertiary alicyclic amines) is 1. The van der Waals surface area contributed by atoms with Crippen LogP contribution >= 0.6 is 0 Å². The van der Waals surface area contributed by atoms with E-state index in [4.69, 9.17) is 0 Å². The van der Waals surface area contributed by atoms with Gasteiger partial charge in [0.15, 0.2) is 0 Å². The van der Waals surface area contributed by atoms with Gasteiger partial charge in [0.1, 0.15) is 5.69 Å². The SMILES string of the molecule is CN[C@H]1CCCN(C(=O)c2[nH]c(C)cc2C)C1. The molecule has 1 aliphatic heterocycles. The van der Waals surface area contributed by atoms with Gasteiger partial charge in [0.25, 0.3) is 5.91 Å². The van der Waals surface area contributed by atoms with E-state index < -0.39 is 0 Å². The number of aryl methyl sites for hydroxylation is 2. The van der Waals surface area contributed by atoms with Crippen LogP contribution in [0, 0.1) is 13.8 Å². The molecule has 4 heteroatoms. The number of piperidine rings is 1. The Morgan fingerprint density at radius 2 is 2.29 bits per heavy atom. The minimum Gasteiger partial charge on any atom is -0.354 e. The summed E-state index contributed by atoms with van der Waals surface area (Å²) >= 11 is 0. The monoisotopic (exact) mass is 235 g/mol. The van der Waals surface area contributed by atoms with Crippen LogP contribution in [0.1, 0.15) is 34.6 Å². The topological polar surface area (TPSA) is 48.1 Å². The Labute approximate surface area is 102 Å². The fraction of sp³-hybridized carbons (Fsp3) is 0.615. The number of nitrogens with zero attached hydrogens (tertiary/aromatic N) is 1. The summed E-state index contributed by atoms with van der Waals surface area (Å²) in [5.74, 6) is 0.135. The molecular formula is C13H21N3O. The molecule has 2 rings (SSSR count). The van der Waals surface area contributed by atoms with Crippen molar-refractivity contribution >= 4 is 5.91 Å². The summed E-state index contributed by atoms with van der Waals surface area (Å²) in [6.07, 6.45) is 2.24. The van der Waals surface area contributed by atoms with Crippen molar-refractivity contribution in [3.05, 3.63) is 23.0 Å². The molecular weight excluding hydrogens is 214 g/mol. The Kier molecular flexibility index (Phi) is 3.52. The molecule has 2 heterocycles. The highest BCUT2D eigenvalue weighted by Gasteiger charge is 2.25. The smallest absolute Gasteiger partial charge is 0.270 e. The van der Waals surface area contributed by atoms with Crippen molar-refractivity contribution in [1.82, 2.24) is 15.2 Å². The van der Waals surface area contributed by atoms with Crippen LogP contribution in [-0.4, -0.2) is 42.0 Å². The molecule has 17 heavy (non-hydrogen) atoms. The van der Waals surface area contributed by atoms with E-state index in [0.29, 0.717) is 6.04 Å². The van der Waals surface area contributed by atoms with E-state index in [9.17, 15) is 4.79 Å². The largest absolute Gasteiger partial charge is 0.354 e. The first-order valence-corrected chi connectivity index (χ1v) is 6.24. The first-order valence-electron chi connectivity index (χ1n) is 6.24. The van der Waals surface area contributed by atoms with Gasteiger partial charge >= 0.3 is 0 Å². The average Bonchev–Trinajstić information content (AvgIpc) is 2.67. The maximum atomic E-state index is 12.4. The molecule has 1 aromatic rings. The van der Waals surface area contributed by atoms with Gasteiger partial charge in [0.2, 0.25) is 0 Å². The van der Waals surface area contributed by atoms with Gasteiger partial charge in [-0.15, -0.1) is 0 Å². The van der Waals surface area contributed by atoms with Crippen molar-refractivity contribution in [2.75, 3.05) is 20.1 Å². The molecule has 4 nitrogen and oxygen atoms in total. The van der Waals surface area contributed by atoms with Gasteiger partial charge in [-0.3, -0.25) is 4.79 Å². The second kappa shape index (κ2) is 4.92. The molecule has 0 spiro atoms. The molecule has 1 aromatic heterocycles. The second-order valence-corrected chi connectivity index (χ2v) is 4.89. The third kappa shape index (κ3) is 2.52. The van der Waals surface area contributed by atoms with Gasteiger partial charge in [-0.1, -0.05) is 0 Å². The summed E-state index contributed by atoms with van der Waals surface area (Å²) in [6, 6.07) is 2.45. The number of hydrogen-bond acceptors (Lipinski definition) is 2. The molecule has 0 bridgehead atoms. The quantitative estimate of drug-likeness (QED) is 0.815. The lowest BCUT2D eigenvalue weighted by Crippen LogP contribution is -2.47. The Morgan fingerprint density at radius 1 is 1.53 bits per heavy atom. The Morgan fingerprint density at radius 3 is 2.88 bits per heavy atom. The van der Waals surface area contributed by atoms with E-state index in [-0.39, 0.29) is 5.91 Å². The predicted octanol–water partition coefficient (Wildman–Crippen LogP) is 1.46. The second-order valence-electron chi connectivity index (χ2n) is 4.89. The lowest BCUT2D eigenvalue weighted by atomic mass is 10.1. The Balaban J connectivity index is 2.12. The Bertz CT molecular complexity index is 411. The molecule has 1 aliphatic rings. The van der Waals surface area contributed by atoms with Crippen molar-refractivity contribution in [3.63, 3.8) is 0 Å².